The first kappa shape index (κ1) is 13.9. The van der Waals surface area contributed by atoms with Crippen LogP contribution in [0.1, 0.15) is 34.8 Å². The summed E-state index contributed by atoms with van der Waals surface area (Å²) < 4.78 is 1.78. The van der Waals surface area contributed by atoms with Crippen molar-refractivity contribution in [2.45, 2.75) is 18.8 Å². The largest absolute Gasteiger partial charge is 0.338 e. The van der Waals surface area contributed by atoms with Gasteiger partial charge in [-0.3, -0.25) is 4.79 Å². The summed E-state index contributed by atoms with van der Waals surface area (Å²) in [4.78, 5) is 22.9. The van der Waals surface area contributed by atoms with E-state index in [4.69, 9.17) is 0 Å². The first-order chi connectivity index (χ1) is 11.3. The molecule has 0 saturated carbocycles. The zero-order chi connectivity index (χ0) is 15.6. The van der Waals surface area contributed by atoms with E-state index in [1.165, 1.54) is 6.33 Å². The minimum absolute atomic E-state index is 0.0965. The van der Waals surface area contributed by atoms with E-state index in [2.05, 4.69) is 15.1 Å². The Bertz CT molecular complexity index is 829. The second kappa shape index (κ2) is 5.79. The van der Waals surface area contributed by atoms with E-state index in [9.17, 15) is 4.79 Å². The normalized spacial score (nSPS) is 18.3. The second-order valence-electron chi connectivity index (χ2n) is 5.80. The fourth-order valence-electron chi connectivity index (χ4n) is 3.23. The number of hydrogen-bond donors (Lipinski definition) is 0. The highest BCUT2D eigenvalue weighted by atomic mass is 16.2. The van der Waals surface area contributed by atoms with Gasteiger partial charge in [0.2, 0.25) is 0 Å². The summed E-state index contributed by atoms with van der Waals surface area (Å²) in [7, 11) is 0. The van der Waals surface area contributed by atoms with Gasteiger partial charge in [-0.1, -0.05) is 18.2 Å². The highest BCUT2D eigenvalue weighted by molar-refractivity contribution is 5.94. The van der Waals surface area contributed by atoms with Gasteiger partial charge in [0, 0.05) is 30.8 Å². The van der Waals surface area contributed by atoms with Gasteiger partial charge in [0.05, 0.1) is 5.69 Å². The Morgan fingerprint density at radius 3 is 2.87 bits per heavy atom. The zero-order valence-electron chi connectivity index (χ0n) is 12.7. The third kappa shape index (κ3) is 2.56. The van der Waals surface area contributed by atoms with E-state index in [0.717, 1.165) is 30.6 Å². The van der Waals surface area contributed by atoms with Crippen LogP contribution in [-0.2, 0) is 0 Å². The van der Waals surface area contributed by atoms with Crippen LogP contribution in [-0.4, -0.2) is 43.5 Å². The highest BCUT2D eigenvalue weighted by Crippen LogP contribution is 2.27. The number of benzene rings is 1. The van der Waals surface area contributed by atoms with Gasteiger partial charge in [-0.15, -0.1) is 0 Å². The number of likely N-dealkylation sites (tertiary alicyclic amines) is 1. The van der Waals surface area contributed by atoms with Gasteiger partial charge in [0.25, 0.3) is 11.7 Å². The molecular weight excluding hydrogens is 290 g/mol. The summed E-state index contributed by atoms with van der Waals surface area (Å²) in [6.07, 6.45) is 5.30. The SMILES string of the molecule is O=C(c1ccccc1)N1CCC[C@H](c2ccnc3ncnn23)C1. The van der Waals surface area contributed by atoms with E-state index < -0.39 is 0 Å². The van der Waals surface area contributed by atoms with Crippen LogP contribution in [0.3, 0.4) is 0 Å². The van der Waals surface area contributed by atoms with Gasteiger partial charge in [0.1, 0.15) is 6.33 Å². The summed E-state index contributed by atoms with van der Waals surface area (Å²) in [5.41, 5.74) is 1.81. The Morgan fingerprint density at radius 2 is 2.00 bits per heavy atom. The third-order valence-electron chi connectivity index (χ3n) is 4.36. The highest BCUT2D eigenvalue weighted by Gasteiger charge is 2.27. The molecule has 2 aromatic heterocycles. The molecular formula is C17H17N5O. The van der Waals surface area contributed by atoms with Gasteiger partial charge >= 0.3 is 0 Å². The lowest BCUT2D eigenvalue weighted by atomic mass is 9.94. The first-order valence-electron chi connectivity index (χ1n) is 7.82. The topological polar surface area (TPSA) is 63.4 Å². The molecule has 0 spiro atoms. The summed E-state index contributed by atoms with van der Waals surface area (Å²) in [5, 5.41) is 4.26. The van der Waals surface area contributed by atoms with Crippen LogP contribution in [0.25, 0.3) is 5.78 Å². The number of amides is 1. The molecule has 116 valence electrons. The molecule has 0 unspecified atom stereocenters. The molecule has 1 aliphatic rings. The van der Waals surface area contributed by atoms with Crippen LogP contribution in [0.2, 0.25) is 0 Å². The van der Waals surface area contributed by atoms with Crippen LogP contribution in [0.4, 0.5) is 0 Å². The smallest absolute Gasteiger partial charge is 0.253 e. The Morgan fingerprint density at radius 1 is 1.13 bits per heavy atom. The van der Waals surface area contributed by atoms with E-state index in [0.29, 0.717) is 12.3 Å². The number of aromatic nitrogens is 4. The summed E-state index contributed by atoms with van der Waals surface area (Å²) in [6, 6.07) is 11.4. The van der Waals surface area contributed by atoms with E-state index in [1.54, 1.807) is 10.7 Å². The lowest BCUT2D eigenvalue weighted by Crippen LogP contribution is -2.39. The van der Waals surface area contributed by atoms with Crippen molar-refractivity contribution in [3.63, 3.8) is 0 Å². The van der Waals surface area contributed by atoms with Crippen molar-refractivity contribution in [3.8, 4) is 0 Å². The van der Waals surface area contributed by atoms with Crippen LogP contribution in [0, 0.1) is 0 Å². The van der Waals surface area contributed by atoms with Crippen LogP contribution >= 0.6 is 0 Å². The summed E-state index contributed by atoms with van der Waals surface area (Å²) in [5.74, 6) is 0.955. The maximum atomic E-state index is 12.7. The maximum absolute atomic E-state index is 12.7. The minimum Gasteiger partial charge on any atom is -0.338 e. The molecule has 6 nitrogen and oxygen atoms in total. The predicted molar refractivity (Wildman–Crippen MR) is 85.1 cm³/mol. The third-order valence-corrected chi connectivity index (χ3v) is 4.36. The first-order valence-corrected chi connectivity index (χ1v) is 7.82. The van der Waals surface area contributed by atoms with Crippen molar-refractivity contribution in [1.82, 2.24) is 24.5 Å². The number of piperidine rings is 1. The van der Waals surface area contributed by atoms with Gasteiger partial charge in [-0.2, -0.15) is 10.1 Å². The predicted octanol–water partition coefficient (Wildman–Crippen LogP) is 2.14. The number of nitrogens with zero attached hydrogens (tertiary/aromatic N) is 5. The van der Waals surface area contributed by atoms with E-state index >= 15 is 0 Å². The molecule has 1 fully saturated rings. The fraction of sp³-hybridized carbons (Fsp3) is 0.294. The number of fused-ring (bicyclic) bond motifs is 1. The molecule has 3 aromatic rings. The minimum atomic E-state index is 0.0965. The van der Waals surface area contributed by atoms with Gasteiger partial charge < -0.3 is 4.90 Å². The maximum Gasteiger partial charge on any atom is 0.253 e. The van der Waals surface area contributed by atoms with Crippen molar-refractivity contribution in [1.29, 1.82) is 0 Å². The number of carbonyl (C=O) groups excluding carboxylic acids is 1. The van der Waals surface area contributed by atoms with Crippen molar-refractivity contribution < 1.29 is 4.79 Å². The zero-order valence-corrected chi connectivity index (χ0v) is 12.7. The van der Waals surface area contributed by atoms with Crippen molar-refractivity contribution >= 4 is 11.7 Å². The summed E-state index contributed by atoms with van der Waals surface area (Å²) >= 11 is 0. The Balaban J connectivity index is 1.60. The van der Waals surface area contributed by atoms with Gasteiger partial charge in [0.15, 0.2) is 0 Å². The average Bonchev–Trinajstić information content (AvgIpc) is 3.10. The second-order valence-corrected chi connectivity index (χ2v) is 5.80. The Labute approximate surface area is 133 Å². The molecule has 1 amide bonds. The van der Waals surface area contributed by atoms with Crippen molar-refractivity contribution in [2.24, 2.45) is 0 Å². The van der Waals surface area contributed by atoms with Gasteiger partial charge in [-0.25, -0.2) is 9.50 Å². The molecule has 0 radical (unpaired) electrons. The molecule has 1 atom stereocenters. The van der Waals surface area contributed by atoms with E-state index in [-0.39, 0.29) is 11.8 Å². The van der Waals surface area contributed by atoms with Crippen molar-refractivity contribution in [2.75, 3.05) is 13.1 Å². The molecule has 1 saturated heterocycles. The standard InChI is InChI=1S/C17H17N5O/c23-16(13-5-2-1-3-6-13)21-10-4-7-14(11-21)15-8-9-18-17-19-12-20-22(15)17/h1-3,5-6,8-9,12,14H,4,7,10-11H2/t14-/m0/s1. The average molecular weight is 307 g/mol. The van der Waals surface area contributed by atoms with Crippen molar-refractivity contribution in [3.05, 3.63) is 60.2 Å². The van der Waals surface area contributed by atoms with Gasteiger partial charge in [-0.05, 0) is 31.0 Å². The molecule has 0 bridgehead atoms. The Kier molecular flexibility index (Phi) is 3.49. The number of carbonyl (C=O) groups is 1. The molecule has 3 heterocycles. The molecule has 1 aromatic carbocycles. The molecule has 6 heteroatoms. The lowest BCUT2D eigenvalue weighted by Gasteiger charge is -2.33. The molecule has 0 aliphatic carbocycles. The monoisotopic (exact) mass is 307 g/mol. The molecule has 23 heavy (non-hydrogen) atoms. The van der Waals surface area contributed by atoms with Crippen LogP contribution in [0.15, 0.2) is 48.9 Å². The Hall–Kier alpha value is -2.76. The lowest BCUT2D eigenvalue weighted by molar-refractivity contribution is 0.0705. The molecule has 1 aliphatic heterocycles. The fourth-order valence-corrected chi connectivity index (χ4v) is 3.23. The van der Waals surface area contributed by atoms with Crippen LogP contribution in [0.5, 0.6) is 0 Å². The van der Waals surface area contributed by atoms with E-state index in [1.807, 2.05) is 41.3 Å². The molecule has 4 rings (SSSR count). The number of hydrogen-bond acceptors (Lipinski definition) is 4. The quantitative estimate of drug-likeness (QED) is 0.727. The van der Waals surface area contributed by atoms with Crippen LogP contribution < -0.4 is 0 Å². The summed E-state index contributed by atoms with van der Waals surface area (Å²) in [6.45, 7) is 1.50. The number of rotatable bonds is 2. The molecule has 0 N–H and O–H groups in total.